The van der Waals surface area contributed by atoms with Gasteiger partial charge in [0, 0.05) is 0 Å². The average molecular weight is 304 g/mol. The summed E-state index contributed by atoms with van der Waals surface area (Å²) < 4.78 is 4.94. The topological polar surface area (TPSA) is 84.1 Å². The molecule has 94 valence electrons. The zero-order chi connectivity index (χ0) is 13.0. The second-order valence-electron chi connectivity index (χ2n) is 3.78. The third-order valence-electron chi connectivity index (χ3n) is 2.21. The van der Waals surface area contributed by atoms with Gasteiger partial charge in [0.25, 0.3) is 5.56 Å². The van der Waals surface area contributed by atoms with Crippen LogP contribution in [0.5, 0.6) is 0 Å². The van der Waals surface area contributed by atoms with Crippen molar-refractivity contribution in [3.63, 3.8) is 0 Å². The Kier molecular flexibility index (Phi) is 4.68. The molecule has 0 bridgehead atoms. The van der Waals surface area contributed by atoms with Crippen LogP contribution in [0.4, 0.5) is 5.82 Å². The average Bonchev–Trinajstić information content (AvgIpc) is 2.29. The van der Waals surface area contributed by atoms with Crippen molar-refractivity contribution in [2.75, 3.05) is 12.4 Å². The van der Waals surface area contributed by atoms with Gasteiger partial charge in [0.2, 0.25) is 0 Å². The smallest absolute Gasteiger partial charge is 0.328 e. The molecule has 0 aliphatic heterocycles. The molecule has 6 nitrogen and oxygen atoms in total. The number of aromatic nitrogens is 2. The molecule has 0 aliphatic rings. The summed E-state index contributed by atoms with van der Waals surface area (Å²) in [5.74, 6) is -0.0673. The van der Waals surface area contributed by atoms with Crippen LogP contribution >= 0.6 is 15.9 Å². The number of carbonyl (C=O) groups excluding carboxylic acids is 1. The number of hydrogen-bond donors (Lipinski definition) is 2. The number of halogens is 1. The van der Waals surface area contributed by atoms with Gasteiger partial charge in [-0.3, -0.25) is 4.79 Å². The lowest BCUT2D eigenvalue weighted by atomic mass is 10.0. The summed E-state index contributed by atoms with van der Waals surface area (Å²) in [6.07, 6.45) is 1.27. The lowest BCUT2D eigenvalue weighted by Gasteiger charge is -2.20. The van der Waals surface area contributed by atoms with Gasteiger partial charge in [0.1, 0.15) is 16.3 Å². The van der Waals surface area contributed by atoms with Crippen LogP contribution in [0, 0.1) is 5.92 Å². The highest BCUT2D eigenvalue weighted by molar-refractivity contribution is 9.10. The molecule has 1 aromatic heterocycles. The number of anilines is 1. The fraction of sp³-hybridized carbons (Fsp3) is 0.500. The van der Waals surface area contributed by atoms with E-state index in [4.69, 9.17) is 0 Å². The SMILES string of the molecule is COC(=O)C(Nc1nc[nH]c(=O)c1Br)C(C)C. The molecular formula is C10H14BrN3O3. The Morgan fingerprint density at radius 1 is 1.59 bits per heavy atom. The van der Waals surface area contributed by atoms with Gasteiger partial charge in [0.05, 0.1) is 13.4 Å². The highest BCUT2D eigenvalue weighted by atomic mass is 79.9. The molecule has 0 spiro atoms. The number of ether oxygens (including phenoxy) is 1. The molecule has 0 radical (unpaired) electrons. The van der Waals surface area contributed by atoms with E-state index in [-0.39, 0.29) is 15.9 Å². The number of nitrogens with zero attached hydrogens (tertiary/aromatic N) is 1. The molecule has 1 rings (SSSR count). The van der Waals surface area contributed by atoms with Gasteiger partial charge in [-0.25, -0.2) is 9.78 Å². The van der Waals surface area contributed by atoms with Crippen LogP contribution in [0.2, 0.25) is 0 Å². The van der Waals surface area contributed by atoms with Crippen molar-refractivity contribution in [2.24, 2.45) is 5.92 Å². The van der Waals surface area contributed by atoms with E-state index in [1.165, 1.54) is 13.4 Å². The summed E-state index contributed by atoms with van der Waals surface area (Å²) >= 11 is 3.11. The third-order valence-corrected chi connectivity index (χ3v) is 2.95. The minimum absolute atomic E-state index is 0.00966. The van der Waals surface area contributed by atoms with Crippen LogP contribution in [-0.2, 0) is 9.53 Å². The molecule has 0 saturated carbocycles. The molecule has 0 amide bonds. The standard InChI is InChI=1S/C10H14BrN3O3/c1-5(2)7(10(16)17-3)14-8-6(11)9(15)13-4-12-8/h4-5,7H,1-3H3,(H2,12,13,14,15). The number of methoxy groups -OCH3 is 1. The van der Waals surface area contributed by atoms with Crippen LogP contribution in [0.25, 0.3) is 0 Å². The Bertz CT molecular complexity index is 458. The molecule has 17 heavy (non-hydrogen) atoms. The Hall–Kier alpha value is -1.37. The molecule has 2 N–H and O–H groups in total. The summed E-state index contributed by atoms with van der Waals surface area (Å²) in [4.78, 5) is 29.2. The first-order chi connectivity index (χ1) is 7.97. The molecule has 1 aromatic rings. The largest absolute Gasteiger partial charge is 0.467 e. The van der Waals surface area contributed by atoms with Crippen LogP contribution < -0.4 is 10.9 Å². The molecule has 0 saturated heterocycles. The fourth-order valence-corrected chi connectivity index (χ4v) is 1.59. The van der Waals surface area contributed by atoms with Crippen molar-refractivity contribution in [2.45, 2.75) is 19.9 Å². The highest BCUT2D eigenvalue weighted by Gasteiger charge is 2.24. The first-order valence-corrected chi connectivity index (χ1v) is 5.84. The number of esters is 1. The zero-order valence-electron chi connectivity index (χ0n) is 9.78. The van der Waals surface area contributed by atoms with Crippen molar-refractivity contribution in [1.29, 1.82) is 0 Å². The van der Waals surface area contributed by atoms with E-state index in [1.807, 2.05) is 13.8 Å². The lowest BCUT2D eigenvalue weighted by molar-refractivity contribution is -0.142. The summed E-state index contributed by atoms with van der Waals surface area (Å²) in [6, 6.07) is -0.550. The maximum absolute atomic E-state index is 11.5. The predicted molar refractivity (Wildman–Crippen MR) is 66.8 cm³/mol. The molecule has 0 fully saturated rings. The highest BCUT2D eigenvalue weighted by Crippen LogP contribution is 2.17. The van der Waals surface area contributed by atoms with Crippen LogP contribution in [-0.4, -0.2) is 29.1 Å². The van der Waals surface area contributed by atoms with E-state index in [1.54, 1.807) is 0 Å². The Morgan fingerprint density at radius 2 is 2.24 bits per heavy atom. The molecule has 1 unspecified atom stereocenters. The first-order valence-electron chi connectivity index (χ1n) is 5.05. The van der Waals surface area contributed by atoms with Gasteiger partial charge in [-0.1, -0.05) is 13.8 Å². The number of aromatic amines is 1. The number of hydrogen-bond acceptors (Lipinski definition) is 5. The first kappa shape index (κ1) is 13.7. The van der Waals surface area contributed by atoms with Gasteiger partial charge in [-0.05, 0) is 21.8 Å². The minimum atomic E-state index is -0.550. The fourth-order valence-electron chi connectivity index (χ4n) is 1.26. The molecule has 0 aliphatic carbocycles. The summed E-state index contributed by atoms with van der Waals surface area (Å²) in [6.45, 7) is 3.74. The van der Waals surface area contributed by atoms with E-state index >= 15 is 0 Å². The maximum atomic E-state index is 11.5. The Morgan fingerprint density at radius 3 is 2.76 bits per heavy atom. The van der Waals surface area contributed by atoms with Gasteiger partial charge >= 0.3 is 5.97 Å². The molecule has 1 heterocycles. The second kappa shape index (κ2) is 5.81. The second-order valence-corrected chi connectivity index (χ2v) is 4.58. The van der Waals surface area contributed by atoms with Crippen LogP contribution in [0.15, 0.2) is 15.6 Å². The number of H-pyrrole nitrogens is 1. The zero-order valence-corrected chi connectivity index (χ0v) is 11.4. The molecule has 0 aromatic carbocycles. The third kappa shape index (κ3) is 3.29. The van der Waals surface area contributed by atoms with Crippen molar-refractivity contribution >= 4 is 27.7 Å². The van der Waals surface area contributed by atoms with Crippen molar-refractivity contribution in [3.8, 4) is 0 Å². The van der Waals surface area contributed by atoms with Crippen molar-refractivity contribution in [3.05, 3.63) is 21.2 Å². The monoisotopic (exact) mass is 303 g/mol. The van der Waals surface area contributed by atoms with E-state index < -0.39 is 12.0 Å². The quantitative estimate of drug-likeness (QED) is 0.815. The summed E-state index contributed by atoms with van der Waals surface area (Å²) in [5.41, 5.74) is -0.310. The van der Waals surface area contributed by atoms with Gasteiger partial charge in [-0.2, -0.15) is 0 Å². The van der Waals surface area contributed by atoms with E-state index in [0.717, 1.165) is 0 Å². The molecule has 7 heteroatoms. The normalized spacial score (nSPS) is 12.3. The lowest BCUT2D eigenvalue weighted by Crippen LogP contribution is -2.36. The van der Waals surface area contributed by atoms with Crippen molar-refractivity contribution < 1.29 is 9.53 Å². The molecule has 1 atom stereocenters. The van der Waals surface area contributed by atoms with E-state index in [0.29, 0.717) is 5.82 Å². The predicted octanol–water partition coefficient (Wildman–Crippen LogP) is 1.14. The Labute approximate surface area is 107 Å². The number of rotatable bonds is 4. The Balaban J connectivity index is 2.98. The van der Waals surface area contributed by atoms with E-state index in [2.05, 4.69) is 36.0 Å². The number of nitrogens with one attached hydrogen (secondary N) is 2. The minimum Gasteiger partial charge on any atom is -0.467 e. The summed E-state index contributed by atoms with van der Waals surface area (Å²) in [7, 11) is 1.32. The summed E-state index contributed by atoms with van der Waals surface area (Å²) in [5, 5.41) is 2.89. The van der Waals surface area contributed by atoms with Crippen molar-refractivity contribution in [1.82, 2.24) is 9.97 Å². The number of carbonyl (C=O) groups is 1. The maximum Gasteiger partial charge on any atom is 0.328 e. The van der Waals surface area contributed by atoms with Crippen LogP contribution in [0.3, 0.4) is 0 Å². The molecular weight excluding hydrogens is 290 g/mol. The van der Waals surface area contributed by atoms with Gasteiger partial charge in [0.15, 0.2) is 0 Å². The van der Waals surface area contributed by atoms with Gasteiger partial charge in [-0.15, -0.1) is 0 Å². The van der Waals surface area contributed by atoms with E-state index in [9.17, 15) is 9.59 Å². The van der Waals surface area contributed by atoms with Gasteiger partial charge < -0.3 is 15.0 Å². The van der Waals surface area contributed by atoms with Crippen LogP contribution in [0.1, 0.15) is 13.8 Å².